The highest BCUT2D eigenvalue weighted by molar-refractivity contribution is 7.92. The normalized spacial score (nSPS) is 12.2. The summed E-state index contributed by atoms with van der Waals surface area (Å²) in [7, 11) is -3.81. The lowest BCUT2D eigenvalue weighted by Crippen LogP contribution is -2.27. The van der Waals surface area contributed by atoms with Crippen molar-refractivity contribution in [3.05, 3.63) is 94.5 Å². The van der Waals surface area contributed by atoms with Crippen molar-refractivity contribution in [3.8, 4) is 0 Å². The van der Waals surface area contributed by atoms with E-state index < -0.39 is 21.8 Å². The van der Waals surface area contributed by atoms with Gasteiger partial charge in [-0.1, -0.05) is 60.1 Å². The lowest BCUT2D eigenvalue weighted by Gasteiger charge is -2.16. The standard InChI is InChI=1S/C21H19ClN2O4S/c1-14-7-12-18(13-19(14)22)29(27,28)24-17-10-8-16(9-11-17)20(21(25)23-26)15-5-3-2-4-6-15/h2-13,20,24,26H,1H3,(H,23,25). The highest BCUT2D eigenvalue weighted by Crippen LogP contribution is 2.27. The minimum Gasteiger partial charge on any atom is -0.289 e. The molecule has 3 rings (SSSR count). The molecule has 0 aliphatic rings. The van der Waals surface area contributed by atoms with Gasteiger partial charge in [-0.05, 0) is 47.9 Å². The Balaban J connectivity index is 1.87. The molecule has 3 N–H and O–H groups in total. The van der Waals surface area contributed by atoms with Crippen molar-refractivity contribution in [1.29, 1.82) is 0 Å². The van der Waals surface area contributed by atoms with Crippen LogP contribution in [0.2, 0.25) is 5.02 Å². The topological polar surface area (TPSA) is 95.5 Å². The Morgan fingerprint density at radius 1 is 0.966 bits per heavy atom. The number of benzene rings is 3. The molecule has 150 valence electrons. The van der Waals surface area contributed by atoms with E-state index in [0.717, 1.165) is 5.56 Å². The number of hydrogen-bond donors (Lipinski definition) is 3. The lowest BCUT2D eigenvalue weighted by molar-refractivity contribution is -0.129. The minimum absolute atomic E-state index is 0.0546. The van der Waals surface area contributed by atoms with Crippen molar-refractivity contribution in [1.82, 2.24) is 5.48 Å². The van der Waals surface area contributed by atoms with Crippen LogP contribution in [0.1, 0.15) is 22.6 Å². The van der Waals surface area contributed by atoms with E-state index in [2.05, 4.69) is 4.72 Å². The number of amides is 1. The van der Waals surface area contributed by atoms with Crippen molar-refractivity contribution in [2.75, 3.05) is 4.72 Å². The molecule has 3 aromatic rings. The predicted molar refractivity (Wildman–Crippen MR) is 112 cm³/mol. The summed E-state index contributed by atoms with van der Waals surface area (Å²) in [6.45, 7) is 1.79. The molecule has 0 bridgehead atoms. The molecule has 0 spiro atoms. The molecule has 1 atom stereocenters. The van der Waals surface area contributed by atoms with Gasteiger partial charge in [0.1, 0.15) is 0 Å². The minimum atomic E-state index is -3.81. The third kappa shape index (κ3) is 4.76. The zero-order valence-corrected chi connectivity index (χ0v) is 17.0. The number of halogens is 1. The van der Waals surface area contributed by atoms with Gasteiger partial charge in [0, 0.05) is 10.7 Å². The summed E-state index contributed by atoms with van der Waals surface area (Å²) in [6, 6.07) is 19.9. The van der Waals surface area contributed by atoms with E-state index in [1.807, 2.05) is 6.07 Å². The lowest BCUT2D eigenvalue weighted by atomic mass is 9.90. The van der Waals surface area contributed by atoms with Crippen molar-refractivity contribution >= 4 is 33.2 Å². The molecule has 0 radical (unpaired) electrons. The first-order valence-electron chi connectivity index (χ1n) is 8.69. The van der Waals surface area contributed by atoms with E-state index >= 15 is 0 Å². The molecule has 0 aliphatic heterocycles. The van der Waals surface area contributed by atoms with Crippen LogP contribution in [0.25, 0.3) is 0 Å². The van der Waals surface area contributed by atoms with Crippen molar-refractivity contribution in [3.63, 3.8) is 0 Å². The Morgan fingerprint density at radius 3 is 2.17 bits per heavy atom. The molecule has 1 amide bonds. The summed E-state index contributed by atoms with van der Waals surface area (Å²) in [6.07, 6.45) is 0. The van der Waals surface area contributed by atoms with Crippen LogP contribution in [0.15, 0.2) is 77.7 Å². The number of anilines is 1. The third-order valence-electron chi connectivity index (χ3n) is 4.46. The second-order valence-corrected chi connectivity index (χ2v) is 8.55. The fraction of sp³-hybridized carbons (Fsp3) is 0.0952. The van der Waals surface area contributed by atoms with Gasteiger partial charge in [0.25, 0.3) is 15.9 Å². The van der Waals surface area contributed by atoms with Gasteiger partial charge in [-0.15, -0.1) is 0 Å². The van der Waals surface area contributed by atoms with Crippen LogP contribution in [0.5, 0.6) is 0 Å². The maximum Gasteiger partial charge on any atom is 0.261 e. The fourth-order valence-corrected chi connectivity index (χ4v) is 4.23. The second-order valence-electron chi connectivity index (χ2n) is 6.46. The molecular formula is C21H19ClN2O4S. The molecule has 29 heavy (non-hydrogen) atoms. The molecule has 0 heterocycles. The van der Waals surface area contributed by atoms with E-state index in [-0.39, 0.29) is 4.90 Å². The quantitative estimate of drug-likeness (QED) is 0.405. The van der Waals surface area contributed by atoms with E-state index in [1.54, 1.807) is 67.0 Å². The van der Waals surface area contributed by atoms with Gasteiger partial charge in [0.05, 0.1) is 10.8 Å². The Labute approximate surface area is 174 Å². The van der Waals surface area contributed by atoms with Crippen molar-refractivity contribution < 1.29 is 18.4 Å². The van der Waals surface area contributed by atoms with Crippen molar-refractivity contribution in [2.24, 2.45) is 0 Å². The summed E-state index contributed by atoms with van der Waals surface area (Å²) in [5.74, 6) is -1.32. The molecule has 3 aromatic carbocycles. The predicted octanol–water partition coefficient (Wildman–Crippen LogP) is 4.09. The Kier molecular flexibility index (Phi) is 6.22. The van der Waals surface area contributed by atoms with E-state index in [0.29, 0.717) is 21.8 Å². The molecule has 8 heteroatoms. The molecule has 1 unspecified atom stereocenters. The van der Waals surface area contributed by atoms with Crippen LogP contribution >= 0.6 is 11.6 Å². The zero-order chi connectivity index (χ0) is 21.0. The number of carbonyl (C=O) groups is 1. The molecule has 0 aliphatic carbocycles. The van der Waals surface area contributed by atoms with Crippen LogP contribution in [0.3, 0.4) is 0 Å². The van der Waals surface area contributed by atoms with Crippen molar-refractivity contribution in [2.45, 2.75) is 17.7 Å². The molecule has 0 saturated heterocycles. The van der Waals surface area contributed by atoms with Gasteiger partial charge in [-0.3, -0.25) is 14.7 Å². The molecule has 0 aromatic heterocycles. The maximum atomic E-state index is 12.6. The smallest absolute Gasteiger partial charge is 0.261 e. The second kappa shape index (κ2) is 8.65. The number of hydrogen-bond acceptors (Lipinski definition) is 4. The first kappa shape index (κ1) is 20.9. The van der Waals surface area contributed by atoms with Gasteiger partial charge in [0.2, 0.25) is 0 Å². The Morgan fingerprint density at radius 2 is 1.59 bits per heavy atom. The molecule has 0 saturated carbocycles. The first-order chi connectivity index (χ1) is 13.8. The molecule has 0 fully saturated rings. The van der Waals surface area contributed by atoms with Crippen LogP contribution in [0, 0.1) is 6.92 Å². The van der Waals surface area contributed by atoms with Gasteiger partial charge >= 0.3 is 0 Å². The third-order valence-corrected chi connectivity index (χ3v) is 6.24. The van der Waals surface area contributed by atoms with E-state index in [4.69, 9.17) is 16.8 Å². The Hall–Kier alpha value is -2.87. The highest BCUT2D eigenvalue weighted by atomic mass is 35.5. The number of aryl methyl sites for hydroxylation is 1. The number of hydroxylamine groups is 1. The number of nitrogens with one attached hydrogen (secondary N) is 2. The average Bonchev–Trinajstić information content (AvgIpc) is 2.72. The number of carbonyl (C=O) groups excluding carboxylic acids is 1. The first-order valence-corrected chi connectivity index (χ1v) is 10.6. The van der Waals surface area contributed by atoms with Gasteiger partial charge in [-0.2, -0.15) is 0 Å². The number of rotatable bonds is 6. The molecule has 6 nitrogen and oxygen atoms in total. The fourth-order valence-electron chi connectivity index (χ4n) is 2.90. The SMILES string of the molecule is Cc1ccc(S(=O)(=O)Nc2ccc(C(C(=O)NO)c3ccccc3)cc2)cc1Cl. The average molecular weight is 431 g/mol. The molecular weight excluding hydrogens is 412 g/mol. The monoisotopic (exact) mass is 430 g/mol. The van der Waals surface area contributed by atoms with Gasteiger partial charge < -0.3 is 0 Å². The van der Waals surface area contributed by atoms with Crippen LogP contribution in [0.4, 0.5) is 5.69 Å². The summed E-state index contributed by atoms with van der Waals surface area (Å²) < 4.78 is 27.7. The maximum absolute atomic E-state index is 12.6. The summed E-state index contributed by atoms with van der Waals surface area (Å²) >= 11 is 6.03. The summed E-state index contributed by atoms with van der Waals surface area (Å²) in [5, 5.41) is 9.47. The highest BCUT2D eigenvalue weighted by Gasteiger charge is 2.22. The van der Waals surface area contributed by atoms with Crippen LogP contribution in [-0.4, -0.2) is 19.5 Å². The number of sulfonamides is 1. The summed E-state index contributed by atoms with van der Waals surface area (Å²) in [5.41, 5.74) is 4.10. The van der Waals surface area contributed by atoms with Gasteiger partial charge in [-0.25, -0.2) is 13.9 Å². The van der Waals surface area contributed by atoms with Gasteiger partial charge in [0.15, 0.2) is 0 Å². The van der Waals surface area contributed by atoms with E-state index in [9.17, 15) is 13.2 Å². The van der Waals surface area contributed by atoms with Crippen LogP contribution < -0.4 is 10.2 Å². The largest absolute Gasteiger partial charge is 0.289 e. The van der Waals surface area contributed by atoms with E-state index in [1.165, 1.54) is 12.1 Å². The summed E-state index contributed by atoms with van der Waals surface area (Å²) in [4.78, 5) is 12.2. The zero-order valence-electron chi connectivity index (χ0n) is 15.5. The van der Waals surface area contributed by atoms with Crippen LogP contribution in [-0.2, 0) is 14.8 Å². The Bertz CT molecular complexity index is 1120.